The smallest absolute Gasteiger partial charge is 0.186 e. The van der Waals surface area contributed by atoms with Crippen LogP contribution in [0.15, 0.2) is 24.3 Å². The van der Waals surface area contributed by atoms with Gasteiger partial charge in [0.05, 0.1) is 29.3 Å². The second-order valence-corrected chi connectivity index (χ2v) is 9.59. The fraction of sp³-hybridized carbons (Fsp3) is 0.391. The monoisotopic (exact) mass is 442 g/mol. The van der Waals surface area contributed by atoms with Crippen molar-refractivity contribution in [3.8, 4) is 11.5 Å². The van der Waals surface area contributed by atoms with Crippen LogP contribution < -0.4 is 14.4 Å². The lowest BCUT2D eigenvalue weighted by atomic mass is 9.81. The largest absolute Gasteiger partial charge is 0.497 e. The summed E-state index contributed by atoms with van der Waals surface area (Å²) < 4.78 is 12.9. The number of halogens is 1. The summed E-state index contributed by atoms with van der Waals surface area (Å²) in [6.07, 6.45) is 1.99. The Labute approximate surface area is 184 Å². The molecule has 3 heterocycles. The molecule has 1 spiro atoms. The molecule has 0 atom stereocenters. The highest BCUT2D eigenvalue weighted by Crippen LogP contribution is 2.44. The number of Topliss-reactive ketones (excluding diaryl/α,β-unsaturated/α-hetero) is 1. The Morgan fingerprint density at radius 1 is 1.23 bits per heavy atom. The van der Waals surface area contributed by atoms with Crippen LogP contribution in [0.1, 0.15) is 40.7 Å². The molecule has 0 saturated carbocycles. The van der Waals surface area contributed by atoms with E-state index in [4.69, 9.17) is 26.1 Å². The molecule has 2 aliphatic heterocycles. The van der Waals surface area contributed by atoms with Crippen LogP contribution in [0.4, 0.5) is 5.13 Å². The summed E-state index contributed by atoms with van der Waals surface area (Å²) in [5.41, 5.74) is 2.97. The van der Waals surface area contributed by atoms with Gasteiger partial charge < -0.3 is 14.4 Å². The summed E-state index contributed by atoms with van der Waals surface area (Å²) in [4.78, 5) is 20.1. The molecule has 156 valence electrons. The molecule has 5 nitrogen and oxygen atoms in total. The SMILES string of the molecule is COc1ccc2nc(N3CCC4(CC3)CC(=O)c3c(cc(C)c(Cl)c3C)O4)sc2c1. The minimum absolute atomic E-state index is 0.135. The number of carbonyl (C=O) groups excluding carboxylic acids is 1. The quantitative estimate of drug-likeness (QED) is 0.518. The van der Waals surface area contributed by atoms with Gasteiger partial charge in [-0.15, -0.1) is 0 Å². The summed E-state index contributed by atoms with van der Waals surface area (Å²) in [5, 5.41) is 1.66. The number of fused-ring (bicyclic) bond motifs is 2. The van der Waals surface area contributed by atoms with Gasteiger partial charge in [-0.05, 0) is 49.2 Å². The number of piperidine rings is 1. The van der Waals surface area contributed by atoms with Crippen molar-refractivity contribution < 1.29 is 14.3 Å². The van der Waals surface area contributed by atoms with Crippen LogP contribution in [0.5, 0.6) is 11.5 Å². The molecular formula is C23H23ClN2O3S. The fourth-order valence-corrected chi connectivity index (χ4v) is 5.73. The van der Waals surface area contributed by atoms with E-state index in [2.05, 4.69) is 4.90 Å². The van der Waals surface area contributed by atoms with E-state index in [1.54, 1.807) is 18.4 Å². The topological polar surface area (TPSA) is 51.7 Å². The Hall–Kier alpha value is -2.31. The number of methoxy groups -OCH3 is 1. The van der Waals surface area contributed by atoms with Crippen LogP contribution in [0.25, 0.3) is 10.2 Å². The van der Waals surface area contributed by atoms with Crippen molar-refractivity contribution in [3.05, 3.63) is 46.0 Å². The molecule has 0 N–H and O–H groups in total. The molecule has 0 unspecified atom stereocenters. The molecule has 1 saturated heterocycles. The summed E-state index contributed by atoms with van der Waals surface area (Å²) in [7, 11) is 1.67. The van der Waals surface area contributed by atoms with Gasteiger partial charge >= 0.3 is 0 Å². The molecule has 0 amide bonds. The van der Waals surface area contributed by atoms with Crippen LogP contribution in [0, 0.1) is 13.8 Å². The highest BCUT2D eigenvalue weighted by molar-refractivity contribution is 7.22. The average Bonchev–Trinajstić information content (AvgIpc) is 3.15. The van der Waals surface area contributed by atoms with Crippen molar-refractivity contribution in [3.63, 3.8) is 0 Å². The highest BCUT2D eigenvalue weighted by atomic mass is 35.5. The van der Waals surface area contributed by atoms with E-state index in [0.717, 1.165) is 58.2 Å². The second kappa shape index (κ2) is 7.13. The van der Waals surface area contributed by atoms with Crippen molar-refractivity contribution >= 4 is 44.1 Å². The molecule has 30 heavy (non-hydrogen) atoms. The van der Waals surface area contributed by atoms with Crippen LogP contribution in [-0.4, -0.2) is 36.6 Å². The number of anilines is 1. The van der Waals surface area contributed by atoms with E-state index in [0.29, 0.717) is 22.8 Å². The summed E-state index contributed by atoms with van der Waals surface area (Å²) in [5.74, 6) is 1.66. The third-order valence-corrected chi connectivity index (χ3v) is 7.92. The van der Waals surface area contributed by atoms with Gasteiger partial charge in [0, 0.05) is 31.0 Å². The summed E-state index contributed by atoms with van der Waals surface area (Å²) in [6.45, 7) is 5.48. The maximum Gasteiger partial charge on any atom is 0.186 e. The van der Waals surface area contributed by atoms with E-state index in [9.17, 15) is 4.79 Å². The van der Waals surface area contributed by atoms with Gasteiger partial charge in [0.1, 0.15) is 17.1 Å². The number of aryl methyl sites for hydroxylation is 1. The third kappa shape index (κ3) is 3.13. The van der Waals surface area contributed by atoms with Gasteiger partial charge in [0.15, 0.2) is 10.9 Å². The minimum Gasteiger partial charge on any atom is -0.497 e. The predicted octanol–water partition coefficient (Wildman–Crippen LogP) is 5.58. The Kier molecular flexibility index (Phi) is 4.67. The molecule has 1 aromatic heterocycles. The first-order valence-electron chi connectivity index (χ1n) is 10.1. The van der Waals surface area contributed by atoms with Crippen molar-refractivity contribution in [2.75, 3.05) is 25.1 Å². The number of benzene rings is 2. The van der Waals surface area contributed by atoms with Crippen molar-refractivity contribution in [2.45, 2.75) is 38.7 Å². The van der Waals surface area contributed by atoms with Crippen LogP contribution in [0.2, 0.25) is 5.02 Å². The summed E-state index contributed by atoms with van der Waals surface area (Å²) in [6, 6.07) is 7.87. The number of aromatic nitrogens is 1. The Morgan fingerprint density at radius 3 is 2.73 bits per heavy atom. The highest BCUT2D eigenvalue weighted by Gasteiger charge is 2.44. The lowest BCUT2D eigenvalue weighted by Crippen LogP contribution is -2.51. The van der Waals surface area contributed by atoms with E-state index in [1.807, 2.05) is 38.1 Å². The lowest BCUT2D eigenvalue weighted by molar-refractivity contribution is 0.0230. The number of hydrogen-bond donors (Lipinski definition) is 0. The number of ether oxygens (including phenoxy) is 2. The molecule has 5 rings (SSSR count). The summed E-state index contributed by atoms with van der Waals surface area (Å²) >= 11 is 8.04. The van der Waals surface area contributed by atoms with Gasteiger partial charge in [0.25, 0.3) is 0 Å². The number of ketones is 1. The molecule has 0 radical (unpaired) electrons. The molecule has 3 aromatic rings. The molecular weight excluding hydrogens is 420 g/mol. The Morgan fingerprint density at radius 2 is 2.00 bits per heavy atom. The van der Waals surface area contributed by atoms with E-state index in [1.165, 1.54) is 0 Å². The molecule has 2 aliphatic rings. The van der Waals surface area contributed by atoms with Gasteiger partial charge in [-0.25, -0.2) is 4.98 Å². The first kappa shape index (κ1) is 19.6. The zero-order valence-corrected chi connectivity index (χ0v) is 18.8. The number of nitrogens with zero attached hydrogens (tertiary/aromatic N) is 2. The maximum absolute atomic E-state index is 13.0. The average molecular weight is 443 g/mol. The molecule has 2 aromatic carbocycles. The maximum atomic E-state index is 13.0. The Bertz CT molecular complexity index is 1160. The van der Waals surface area contributed by atoms with E-state index >= 15 is 0 Å². The van der Waals surface area contributed by atoms with E-state index < -0.39 is 5.60 Å². The first-order valence-corrected chi connectivity index (χ1v) is 11.3. The Balaban J connectivity index is 1.37. The minimum atomic E-state index is -0.437. The molecule has 0 aliphatic carbocycles. The standard InChI is InChI=1S/C23H23ClN2O3S/c1-13-10-18-20(14(2)21(13)24)17(27)12-23(29-18)6-8-26(9-7-23)22-25-16-5-4-15(28-3)11-19(16)30-22/h4-5,10-11H,6-9,12H2,1-3H3. The van der Waals surface area contributed by atoms with Crippen molar-refractivity contribution in [1.29, 1.82) is 0 Å². The zero-order valence-electron chi connectivity index (χ0n) is 17.3. The number of carbonyl (C=O) groups is 1. The molecule has 0 bridgehead atoms. The van der Waals surface area contributed by atoms with E-state index in [-0.39, 0.29) is 5.78 Å². The normalized spacial score (nSPS) is 17.9. The van der Waals surface area contributed by atoms with Crippen LogP contribution in [-0.2, 0) is 0 Å². The predicted molar refractivity (Wildman–Crippen MR) is 121 cm³/mol. The second-order valence-electron chi connectivity index (χ2n) is 8.21. The van der Waals surface area contributed by atoms with Crippen molar-refractivity contribution in [1.82, 2.24) is 4.98 Å². The lowest BCUT2D eigenvalue weighted by Gasteiger charge is -2.44. The van der Waals surface area contributed by atoms with Gasteiger partial charge in [-0.3, -0.25) is 4.79 Å². The van der Waals surface area contributed by atoms with Crippen LogP contribution >= 0.6 is 22.9 Å². The fourth-order valence-electron chi connectivity index (χ4n) is 4.54. The van der Waals surface area contributed by atoms with Crippen molar-refractivity contribution in [2.24, 2.45) is 0 Å². The van der Waals surface area contributed by atoms with Gasteiger partial charge in [-0.1, -0.05) is 22.9 Å². The third-order valence-electron chi connectivity index (χ3n) is 6.26. The number of hydrogen-bond acceptors (Lipinski definition) is 6. The number of rotatable bonds is 2. The number of thiazole rings is 1. The first-order chi connectivity index (χ1) is 14.4. The van der Waals surface area contributed by atoms with Crippen LogP contribution in [0.3, 0.4) is 0 Å². The molecule has 1 fully saturated rings. The molecule has 7 heteroatoms. The van der Waals surface area contributed by atoms with Gasteiger partial charge in [0.2, 0.25) is 0 Å². The zero-order chi connectivity index (χ0) is 21.0. The van der Waals surface area contributed by atoms with Gasteiger partial charge in [-0.2, -0.15) is 0 Å².